The maximum atomic E-state index is 9.09. The van der Waals surface area contributed by atoms with E-state index in [9.17, 15) is 0 Å². The second-order valence-electron chi connectivity index (χ2n) is 3.62. The van der Waals surface area contributed by atoms with Crippen molar-refractivity contribution in [3.05, 3.63) is 22.2 Å². The fourth-order valence-electron chi connectivity index (χ4n) is 1.27. The maximum Gasteiger partial charge on any atom is 0.175 e. The van der Waals surface area contributed by atoms with E-state index in [4.69, 9.17) is 19.3 Å². The second kappa shape index (κ2) is 6.83. The fourth-order valence-corrected chi connectivity index (χ4v) is 1.88. The third kappa shape index (κ3) is 3.87. The predicted octanol–water partition coefficient (Wildman–Crippen LogP) is 2.36. The molecule has 4 nitrogen and oxygen atoms in total. The molecule has 0 aliphatic heterocycles. The summed E-state index contributed by atoms with van der Waals surface area (Å²) in [6.07, 6.45) is 0.00382. The van der Waals surface area contributed by atoms with E-state index in [0.29, 0.717) is 18.1 Å². The first kappa shape index (κ1) is 14.3. The van der Waals surface area contributed by atoms with E-state index in [-0.39, 0.29) is 12.7 Å². The Kier molecular flexibility index (Phi) is 5.74. The fraction of sp³-hybridized carbons (Fsp3) is 0.500. The van der Waals surface area contributed by atoms with Crippen LogP contribution < -0.4 is 9.47 Å². The summed E-state index contributed by atoms with van der Waals surface area (Å²) in [6, 6.07) is 3.55. The van der Waals surface area contributed by atoms with E-state index in [1.54, 1.807) is 26.4 Å². The Morgan fingerprint density at radius 2 is 2.06 bits per heavy atom. The van der Waals surface area contributed by atoms with Gasteiger partial charge in [-0.1, -0.05) is 0 Å². The molecular weight excluding hydrogens is 288 g/mol. The Morgan fingerprint density at radius 3 is 2.59 bits per heavy atom. The zero-order valence-electron chi connectivity index (χ0n) is 10.2. The molecule has 17 heavy (non-hydrogen) atoms. The van der Waals surface area contributed by atoms with Crippen LogP contribution in [-0.4, -0.2) is 32.0 Å². The van der Waals surface area contributed by atoms with Crippen LogP contribution >= 0.6 is 15.9 Å². The van der Waals surface area contributed by atoms with Crippen molar-refractivity contribution in [2.45, 2.75) is 19.6 Å². The maximum absolute atomic E-state index is 9.09. The highest BCUT2D eigenvalue weighted by molar-refractivity contribution is 9.10. The molecule has 1 N–H and O–H groups in total. The molecule has 1 aromatic carbocycles. The number of hydrogen-bond acceptors (Lipinski definition) is 4. The highest BCUT2D eigenvalue weighted by Crippen LogP contribution is 2.36. The summed E-state index contributed by atoms with van der Waals surface area (Å²) in [5.41, 5.74) is 0.765. The molecule has 0 aliphatic rings. The van der Waals surface area contributed by atoms with Crippen molar-refractivity contribution in [3.63, 3.8) is 0 Å². The summed E-state index contributed by atoms with van der Waals surface area (Å²) in [4.78, 5) is 0. The molecule has 0 aromatic heterocycles. The van der Waals surface area contributed by atoms with Crippen molar-refractivity contribution in [2.75, 3.05) is 20.8 Å². The Labute approximate surface area is 110 Å². The summed E-state index contributed by atoms with van der Waals surface area (Å²) in [6.45, 7) is 2.32. The van der Waals surface area contributed by atoms with Gasteiger partial charge in [0, 0.05) is 7.11 Å². The van der Waals surface area contributed by atoms with Crippen LogP contribution in [0.5, 0.6) is 11.5 Å². The zero-order chi connectivity index (χ0) is 12.8. The Morgan fingerprint density at radius 1 is 1.35 bits per heavy atom. The minimum Gasteiger partial charge on any atom is -0.493 e. The summed E-state index contributed by atoms with van der Waals surface area (Å²) in [5, 5.41) is 9.09. The molecule has 1 unspecified atom stereocenters. The number of aliphatic hydroxyl groups is 1. The van der Waals surface area contributed by atoms with Gasteiger partial charge in [-0.05, 0) is 40.5 Å². The standard InChI is InChI=1S/C12H17BrO4/c1-8(15-2)7-17-12-10(13)4-9(6-14)5-11(12)16-3/h4-5,8,14H,6-7H2,1-3H3. The molecule has 5 heteroatoms. The van der Waals surface area contributed by atoms with E-state index in [0.717, 1.165) is 10.0 Å². The van der Waals surface area contributed by atoms with Gasteiger partial charge in [0.2, 0.25) is 0 Å². The van der Waals surface area contributed by atoms with Gasteiger partial charge in [-0.15, -0.1) is 0 Å². The van der Waals surface area contributed by atoms with Gasteiger partial charge in [-0.25, -0.2) is 0 Å². The highest BCUT2D eigenvalue weighted by Gasteiger charge is 2.12. The topological polar surface area (TPSA) is 47.9 Å². The van der Waals surface area contributed by atoms with Crippen LogP contribution in [0.15, 0.2) is 16.6 Å². The van der Waals surface area contributed by atoms with Crippen molar-refractivity contribution >= 4 is 15.9 Å². The quantitative estimate of drug-likeness (QED) is 0.876. The van der Waals surface area contributed by atoms with Gasteiger partial charge >= 0.3 is 0 Å². The number of methoxy groups -OCH3 is 2. The molecule has 0 saturated heterocycles. The van der Waals surface area contributed by atoms with Gasteiger partial charge in [0.15, 0.2) is 11.5 Å². The Bertz CT molecular complexity index is 368. The summed E-state index contributed by atoms with van der Waals surface area (Å²) in [5.74, 6) is 1.21. The van der Waals surface area contributed by atoms with Gasteiger partial charge in [0.05, 0.1) is 24.3 Å². The Hall–Kier alpha value is -0.780. The predicted molar refractivity (Wildman–Crippen MR) is 68.6 cm³/mol. The van der Waals surface area contributed by atoms with Crippen molar-refractivity contribution in [1.29, 1.82) is 0 Å². The van der Waals surface area contributed by atoms with E-state index < -0.39 is 0 Å². The molecule has 1 atom stereocenters. The van der Waals surface area contributed by atoms with Crippen molar-refractivity contribution in [1.82, 2.24) is 0 Å². The average molecular weight is 305 g/mol. The molecule has 96 valence electrons. The van der Waals surface area contributed by atoms with Crippen LogP contribution in [0.1, 0.15) is 12.5 Å². The minimum absolute atomic E-state index is 0.00382. The van der Waals surface area contributed by atoms with Gasteiger partial charge in [0.1, 0.15) is 6.61 Å². The first-order chi connectivity index (χ1) is 8.12. The van der Waals surface area contributed by atoms with Crippen LogP contribution in [-0.2, 0) is 11.3 Å². The molecule has 0 aliphatic carbocycles. The lowest BCUT2D eigenvalue weighted by atomic mass is 10.2. The van der Waals surface area contributed by atoms with Crippen LogP contribution in [0.3, 0.4) is 0 Å². The molecular formula is C12H17BrO4. The van der Waals surface area contributed by atoms with E-state index in [2.05, 4.69) is 15.9 Å². The molecule has 0 heterocycles. The number of rotatable bonds is 6. The van der Waals surface area contributed by atoms with E-state index >= 15 is 0 Å². The van der Waals surface area contributed by atoms with Crippen LogP contribution in [0, 0.1) is 0 Å². The normalized spacial score (nSPS) is 12.3. The second-order valence-corrected chi connectivity index (χ2v) is 4.48. The first-order valence-corrected chi connectivity index (χ1v) is 6.04. The van der Waals surface area contributed by atoms with Gasteiger partial charge in [-0.3, -0.25) is 0 Å². The van der Waals surface area contributed by atoms with Crippen LogP contribution in [0.25, 0.3) is 0 Å². The number of hydrogen-bond donors (Lipinski definition) is 1. The van der Waals surface area contributed by atoms with Crippen molar-refractivity contribution in [2.24, 2.45) is 0 Å². The van der Waals surface area contributed by atoms with E-state index in [1.807, 2.05) is 6.92 Å². The van der Waals surface area contributed by atoms with Crippen molar-refractivity contribution in [3.8, 4) is 11.5 Å². The van der Waals surface area contributed by atoms with Gasteiger partial charge in [0.25, 0.3) is 0 Å². The van der Waals surface area contributed by atoms with Gasteiger partial charge < -0.3 is 19.3 Å². The molecule has 0 spiro atoms. The molecule has 0 fully saturated rings. The summed E-state index contributed by atoms with van der Waals surface area (Å²) >= 11 is 3.39. The first-order valence-electron chi connectivity index (χ1n) is 5.25. The number of benzene rings is 1. The lowest BCUT2D eigenvalue weighted by Crippen LogP contribution is -2.16. The van der Waals surface area contributed by atoms with E-state index in [1.165, 1.54) is 0 Å². The number of aliphatic hydroxyl groups excluding tert-OH is 1. The molecule has 0 radical (unpaired) electrons. The summed E-state index contributed by atoms with van der Waals surface area (Å²) in [7, 11) is 3.20. The third-order valence-electron chi connectivity index (χ3n) is 2.34. The molecule has 0 amide bonds. The van der Waals surface area contributed by atoms with Crippen molar-refractivity contribution < 1.29 is 19.3 Å². The smallest absolute Gasteiger partial charge is 0.175 e. The van der Waals surface area contributed by atoms with Gasteiger partial charge in [-0.2, -0.15) is 0 Å². The Balaban J connectivity index is 2.89. The molecule has 1 rings (SSSR count). The SMILES string of the molecule is COc1cc(CO)cc(Br)c1OCC(C)OC. The summed E-state index contributed by atoms with van der Waals surface area (Å²) < 4.78 is 16.7. The highest BCUT2D eigenvalue weighted by atomic mass is 79.9. The minimum atomic E-state index is -0.0380. The average Bonchev–Trinajstić information content (AvgIpc) is 2.35. The zero-order valence-corrected chi connectivity index (χ0v) is 11.8. The lowest BCUT2D eigenvalue weighted by molar-refractivity contribution is 0.0703. The molecule has 0 saturated carbocycles. The number of halogens is 1. The number of ether oxygens (including phenoxy) is 3. The lowest BCUT2D eigenvalue weighted by Gasteiger charge is -2.16. The monoisotopic (exact) mass is 304 g/mol. The molecule has 1 aromatic rings. The van der Waals surface area contributed by atoms with Crippen LogP contribution in [0.2, 0.25) is 0 Å². The molecule has 0 bridgehead atoms. The third-order valence-corrected chi connectivity index (χ3v) is 2.93. The largest absolute Gasteiger partial charge is 0.493 e. The van der Waals surface area contributed by atoms with Crippen LogP contribution in [0.4, 0.5) is 0 Å².